The molecule has 0 heterocycles. The second-order valence-electron chi connectivity index (χ2n) is 2.01. The first kappa shape index (κ1) is 13.7. The predicted octanol–water partition coefficient (Wildman–Crippen LogP) is 1.99. The Labute approximate surface area is 78.6 Å². The van der Waals surface area contributed by atoms with E-state index in [2.05, 4.69) is 24.5 Å². The number of esters is 1. The van der Waals surface area contributed by atoms with E-state index in [0.29, 0.717) is 5.57 Å². The molecule has 0 aromatic rings. The zero-order valence-electron chi connectivity index (χ0n) is 7.75. The molecular weight excluding hydrogens is 166 g/mol. The van der Waals surface area contributed by atoms with Gasteiger partial charge in [-0.3, -0.25) is 0 Å². The van der Waals surface area contributed by atoms with Crippen molar-refractivity contribution in [1.82, 2.24) is 0 Å². The summed E-state index contributed by atoms with van der Waals surface area (Å²) in [5.74, 6) is -0.412. The van der Waals surface area contributed by atoms with E-state index in [1.807, 2.05) is 6.07 Å². The molecule has 0 atom stereocenters. The summed E-state index contributed by atoms with van der Waals surface area (Å²) in [4.78, 5) is 10.2. The second-order valence-corrected chi connectivity index (χ2v) is 2.01. The van der Waals surface area contributed by atoms with Gasteiger partial charge in [0.25, 0.3) is 0 Å². The lowest BCUT2D eigenvalue weighted by Gasteiger charge is -1.92. The van der Waals surface area contributed by atoms with Crippen LogP contribution in [0.2, 0.25) is 0 Å². The lowest BCUT2D eigenvalue weighted by molar-refractivity contribution is -0.136. The molecule has 3 nitrogen and oxygen atoms in total. The molecule has 0 saturated carbocycles. The average Bonchev–Trinajstić information content (AvgIpc) is 2.15. The molecule has 0 amide bonds. The van der Waals surface area contributed by atoms with E-state index in [1.165, 1.54) is 6.08 Å². The SMILES string of the molecule is C=C(C)C#N.C=CCOC(=O)C=C. The van der Waals surface area contributed by atoms with Crippen LogP contribution >= 0.6 is 0 Å². The highest BCUT2D eigenvalue weighted by atomic mass is 16.5. The quantitative estimate of drug-likeness (QED) is 0.288. The number of carbonyl (C=O) groups is 1. The first-order chi connectivity index (χ1) is 6.08. The predicted molar refractivity (Wildman–Crippen MR) is 51.8 cm³/mol. The highest BCUT2D eigenvalue weighted by Crippen LogP contribution is 1.77. The molecule has 0 unspecified atom stereocenters. The van der Waals surface area contributed by atoms with Gasteiger partial charge in [0.15, 0.2) is 0 Å². The van der Waals surface area contributed by atoms with Gasteiger partial charge in [-0.1, -0.05) is 25.8 Å². The smallest absolute Gasteiger partial charge is 0.330 e. The summed E-state index contributed by atoms with van der Waals surface area (Å²) in [5, 5.41) is 7.79. The molecule has 0 aromatic carbocycles. The minimum atomic E-state index is -0.412. The number of allylic oxidation sites excluding steroid dienone is 1. The lowest BCUT2D eigenvalue weighted by Crippen LogP contribution is -1.98. The van der Waals surface area contributed by atoms with E-state index in [4.69, 9.17) is 5.26 Å². The molecule has 0 saturated heterocycles. The van der Waals surface area contributed by atoms with Crippen LogP contribution in [0.15, 0.2) is 37.5 Å². The van der Waals surface area contributed by atoms with Crippen molar-refractivity contribution in [2.24, 2.45) is 0 Å². The number of nitriles is 1. The number of hydrogen-bond acceptors (Lipinski definition) is 3. The van der Waals surface area contributed by atoms with E-state index >= 15 is 0 Å². The summed E-state index contributed by atoms with van der Waals surface area (Å²) in [5.41, 5.74) is 0.560. The van der Waals surface area contributed by atoms with Crippen LogP contribution in [0.25, 0.3) is 0 Å². The van der Waals surface area contributed by atoms with Crippen molar-refractivity contribution in [2.75, 3.05) is 6.61 Å². The molecule has 0 aromatic heterocycles. The van der Waals surface area contributed by atoms with Crippen molar-refractivity contribution >= 4 is 5.97 Å². The molecule has 3 heteroatoms. The zero-order valence-corrected chi connectivity index (χ0v) is 7.75. The number of carbonyl (C=O) groups excluding carboxylic acids is 1. The van der Waals surface area contributed by atoms with Crippen LogP contribution < -0.4 is 0 Å². The van der Waals surface area contributed by atoms with Gasteiger partial charge in [0, 0.05) is 11.6 Å². The van der Waals surface area contributed by atoms with Gasteiger partial charge in [-0.2, -0.15) is 5.26 Å². The molecule has 0 aliphatic carbocycles. The van der Waals surface area contributed by atoms with Crippen molar-refractivity contribution in [2.45, 2.75) is 6.92 Å². The highest BCUT2D eigenvalue weighted by molar-refractivity contribution is 5.81. The summed E-state index contributed by atoms with van der Waals surface area (Å²) in [6.45, 7) is 11.8. The van der Waals surface area contributed by atoms with Gasteiger partial charge in [0.2, 0.25) is 0 Å². The number of nitrogens with zero attached hydrogens (tertiary/aromatic N) is 1. The average molecular weight is 179 g/mol. The largest absolute Gasteiger partial charge is 0.458 e. The van der Waals surface area contributed by atoms with Crippen LogP contribution in [0.5, 0.6) is 0 Å². The van der Waals surface area contributed by atoms with E-state index in [-0.39, 0.29) is 6.61 Å². The molecule has 0 aliphatic heterocycles. The van der Waals surface area contributed by atoms with E-state index in [1.54, 1.807) is 6.92 Å². The summed E-state index contributed by atoms with van der Waals surface area (Å²) < 4.78 is 4.47. The maximum absolute atomic E-state index is 10.2. The number of hydrogen-bond donors (Lipinski definition) is 0. The van der Waals surface area contributed by atoms with Crippen molar-refractivity contribution in [3.05, 3.63) is 37.5 Å². The Balaban J connectivity index is 0. The first-order valence-electron chi connectivity index (χ1n) is 3.54. The molecule has 0 N–H and O–H groups in total. The Morgan fingerprint density at radius 2 is 2.08 bits per heavy atom. The maximum atomic E-state index is 10.2. The summed E-state index contributed by atoms with van der Waals surface area (Å²) >= 11 is 0. The highest BCUT2D eigenvalue weighted by Gasteiger charge is 1.87. The van der Waals surface area contributed by atoms with Crippen LogP contribution in [0.1, 0.15) is 6.92 Å². The summed E-state index contributed by atoms with van der Waals surface area (Å²) in [6, 6.07) is 1.83. The van der Waals surface area contributed by atoms with Crippen LogP contribution in [-0.4, -0.2) is 12.6 Å². The topological polar surface area (TPSA) is 50.1 Å². The van der Waals surface area contributed by atoms with Crippen LogP contribution in [-0.2, 0) is 9.53 Å². The first-order valence-corrected chi connectivity index (χ1v) is 3.54. The third kappa shape index (κ3) is 17.8. The third-order valence-electron chi connectivity index (χ3n) is 0.701. The van der Waals surface area contributed by atoms with Gasteiger partial charge in [0.1, 0.15) is 6.61 Å². The maximum Gasteiger partial charge on any atom is 0.330 e. The molecular formula is C10H13NO2. The van der Waals surface area contributed by atoms with Crippen LogP contribution in [0, 0.1) is 11.3 Å². The third-order valence-corrected chi connectivity index (χ3v) is 0.701. The fraction of sp³-hybridized carbons (Fsp3) is 0.200. The van der Waals surface area contributed by atoms with Gasteiger partial charge in [-0.15, -0.1) is 0 Å². The van der Waals surface area contributed by atoms with Crippen molar-refractivity contribution in [1.29, 1.82) is 5.26 Å². The van der Waals surface area contributed by atoms with Gasteiger partial charge in [0.05, 0.1) is 6.07 Å². The van der Waals surface area contributed by atoms with Gasteiger partial charge in [-0.05, 0) is 6.92 Å². The number of rotatable bonds is 3. The Kier molecular flexibility index (Phi) is 10.8. The summed E-state index contributed by atoms with van der Waals surface area (Å²) in [7, 11) is 0. The van der Waals surface area contributed by atoms with Gasteiger partial charge >= 0.3 is 5.97 Å². The van der Waals surface area contributed by atoms with Crippen molar-refractivity contribution < 1.29 is 9.53 Å². The normalized spacial score (nSPS) is 6.77. The molecule has 0 radical (unpaired) electrons. The van der Waals surface area contributed by atoms with E-state index in [0.717, 1.165) is 6.08 Å². The Bertz CT molecular complexity index is 236. The van der Waals surface area contributed by atoms with E-state index in [9.17, 15) is 4.79 Å². The summed E-state index contributed by atoms with van der Waals surface area (Å²) in [6.07, 6.45) is 2.62. The van der Waals surface area contributed by atoms with Gasteiger partial charge < -0.3 is 4.74 Å². The lowest BCUT2D eigenvalue weighted by atomic mass is 10.4. The fourth-order valence-corrected chi connectivity index (χ4v) is 0.200. The van der Waals surface area contributed by atoms with Crippen molar-refractivity contribution in [3.8, 4) is 6.07 Å². The van der Waals surface area contributed by atoms with E-state index < -0.39 is 5.97 Å². The standard InChI is InChI=1S/C6H8O2.C4H5N/c1-3-5-8-6(7)4-2;1-4(2)3-5/h3-4H,1-2,5H2;1H2,2H3. The number of ether oxygens (including phenoxy) is 1. The Morgan fingerprint density at radius 3 is 2.31 bits per heavy atom. The van der Waals surface area contributed by atoms with Gasteiger partial charge in [-0.25, -0.2) is 4.79 Å². The molecule has 0 fully saturated rings. The fourth-order valence-electron chi connectivity index (χ4n) is 0.200. The Hall–Kier alpha value is -1.82. The zero-order chi connectivity index (χ0) is 10.7. The van der Waals surface area contributed by atoms with Crippen LogP contribution in [0.4, 0.5) is 0 Å². The molecule has 70 valence electrons. The molecule has 0 aliphatic rings. The molecule has 0 spiro atoms. The minimum absolute atomic E-state index is 0.255. The molecule has 13 heavy (non-hydrogen) atoms. The van der Waals surface area contributed by atoms with Crippen LogP contribution in [0.3, 0.4) is 0 Å². The molecule has 0 bridgehead atoms. The molecule has 0 rings (SSSR count). The minimum Gasteiger partial charge on any atom is -0.458 e. The van der Waals surface area contributed by atoms with Crippen molar-refractivity contribution in [3.63, 3.8) is 0 Å². The monoisotopic (exact) mass is 179 g/mol. The second kappa shape index (κ2) is 10.2. The Morgan fingerprint density at radius 1 is 1.62 bits per heavy atom.